The molecule has 1 nitrogen and oxygen atoms in total. The fourth-order valence-corrected chi connectivity index (χ4v) is 1.57. The minimum absolute atomic E-state index is 0.0807. The number of carbonyl (C=O) groups is 1. The van der Waals surface area contributed by atoms with Gasteiger partial charge in [0, 0.05) is 16.4 Å². The molecule has 1 aromatic rings. The lowest BCUT2D eigenvalue weighted by atomic mass is 10.0. The van der Waals surface area contributed by atoms with Crippen LogP contribution < -0.4 is 0 Å². The fourth-order valence-electron chi connectivity index (χ4n) is 1.11. The maximum absolute atomic E-state index is 11.6. The van der Waals surface area contributed by atoms with Crippen molar-refractivity contribution in [3.05, 3.63) is 29.8 Å². The number of hydrogen-bond acceptors (Lipinski definition) is 2. The van der Waals surface area contributed by atoms with Crippen molar-refractivity contribution in [1.29, 1.82) is 0 Å². The van der Waals surface area contributed by atoms with Crippen molar-refractivity contribution in [3.8, 4) is 0 Å². The number of benzene rings is 1. The van der Waals surface area contributed by atoms with Crippen LogP contribution in [0.5, 0.6) is 0 Å². The largest absolute Gasteiger partial charge is 0.294 e. The fraction of sp³-hybridized carbons (Fsp3) is 0.364. The molecule has 0 aromatic heterocycles. The van der Waals surface area contributed by atoms with Crippen molar-refractivity contribution in [2.24, 2.45) is 5.92 Å². The highest BCUT2D eigenvalue weighted by atomic mass is 32.2. The predicted molar refractivity (Wildman–Crippen MR) is 57.4 cm³/mol. The van der Waals surface area contributed by atoms with E-state index in [1.54, 1.807) is 11.8 Å². The van der Waals surface area contributed by atoms with Gasteiger partial charge in [0.25, 0.3) is 0 Å². The Labute approximate surface area is 83.5 Å². The van der Waals surface area contributed by atoms with E-state index in [0.29, 0.717) is 0 Å². The van der Waals surface area contributed by atoms with Crippen LogP contribution in [0.2, 0.25) is 0 Å². The van der Waals surface area contributed by atoms with Gasteiger partial charge in [0.1, 0.15) is 0 Å². The van der Waals surface area contributed by atoms with E-state index in [1.165, 1.54) is 0 Å². The molecule has 0 aliphatic rings. The van der Waals surface area contributed by atoms with E-state index in [2.05, 4.69) is 0 Å². The summed E-state index contributed by atoms with van der Waals surface area (Å²) in [4.78, 5) is 12.7. The van der Waals surface area contributed by atoms with Crippen LogP contribution in [0.4, 0.5) is 0 Å². The topological polar surface area (TPSA) is 17.1 Å². The van der Waals surface area contributed by atoms with Crippen LogP contribution in [0.1, 0.15) is 24.2 Å². The van der Waals surface area contributed by atoms with Crippen molar-refractivity contribution in [1.82, 2.24) is 0 Å². The minimum Gasteiger partial charge on any atom is -0.294 e. The molecule has 0 radical (unpaired) electrons. The van der Waals surface area contributed by atoms with Crippen LogP contribution in [0, 0.1) is 5.92 Å². The molecule has 0 bridgehead atoms. The molecular formula is C11H14OS. The zero-order chi connectivity index (χ0) is 9.84. The zero-order valence-electron chi connectivity index (χ0n) is 8.20. The van der Waals surface area contributed by atoms with Crippen molar-refractivity contribution in [2.45, 2.75) is 18.7 Å². The maximum Gasteiger partial charge on any atom is 0.165 e. The molecule has 70 valence electrons. The minimum atomic E-state index is 0.0807. The Balaban J connectivity index is 2.95. The monoisotopic (exact) mass is 194 g/mol. The van der Waals surface area contributed by atoms with Crippen LogP contribution in [-0.4, -0.2) is 12.0 Å². The smallest absolute Gasteiger partial charge is 0.165 e. The summed E-state index contributed by atoms with van der Waals surface area (Å²) < 4.78 is 0. The highest BCUT2D eigenvalue weighted by Gasteiger charge is 2.09. The van der Waals surface area contributed by atoms with E-state index in [9.17, 15) is 4.79 Å². The lowest BCUT2D eigenvalue weighted by Gasteiger charge is -2.04. The standard InChI is InChI=1S/C11H14OS/c1-8(2)11(12)9-5-4-6-10(7-9)13-3/h4-8H,1-3H3. The van der Waals surface area contributed by atoms with Crippen LogP contribution >= 0.6 is 11.8 Å². The summed E-state index contributed by atoms with van der Waals surface area (Å²) in [5, 5.41) is 0. The Bertz CT molecular complexity index is 305. The first-order valence-electron chi connectivity index (χ1n) is 4.33. The molecule has 0 spiro atoms. The quantitative estimate of drug-likeness (QED) is 0.542. The van der Waals surface area contributed by atoms with Gasteiger partial charge in [0.05, 0.1) is 0 Å². The van der Waals surface area contributed by atoms with Gasteiger partial charge in [0.15, 0.2) is 5.78 Å². The molecule has 0 amide bonds. The summed E-state index contributed by atoms with van der Waals surface area (Å²) in [6.45, 7) is 3.85. The highest BCUT2D eigenvalue weighted by molar-refractivity contribution is 7.98. The number of ketones is 1. The lowest BCUT2D eigenvalue weighted by molar-refractivity contribution is 0.0939. The summed E-state index contributed by atoms with van der Waals surface area (Å²) in [5.74, 6) is 0.299. The molecule has 0 atom stereocenters. The van der Waals surface area contributed by atoms with Gasteiger partial charge in [-0.2, -0.15) is 0 Å². The molecule has 0 unspecified atom stereocenters. The average molecular weight is 194 g/mol. The normalized spacial score (nSPS) is 10.5. The second-order valence-electron chi connectivity index (χ2n) is 3.25. The second kappa shape index (κ2) is 4.47. The summed E-state index contributed by atoms with van der Waals surface area (Å²) in [5.41, 5.74) is 0.821. The number of hydrogen-bond donors (Lipinski definition) is 0. The highest BCUT2D eigenvalue weighted by Crippen LogP contribution is 2.17. The molecule has 2 heteroatoms. The van der Waals surface area contributed by atoms with E-state index < -0.39 is 0 Å². The number of rotatable bonds is 3. The molecule has 0 heterocycles. The summed E-state index contributed by atoms with van der Waals surface area (Å²) in [6, 6.07) is 7.78. The van der Waals surface area contributed by atoms with E-state index in [4.69, 9.17) is 0 Å². The van der Waals surface area contributed by atoms with Crippen molar-refractivity contribution >= 4 is 17.5 Å². The van der Waals surface area contributed by atoms with Crippen LogP contribution in [-0.2, 0) is 0 Å². The first-order valence-corrected chi connectivity index (χ1v) is 5.56. The second-order valence-corrected chi connectivity index (χ2v) is 4.13. The van der Waals surface area contributed by atoms with E-state index in [-0.39, 0.29) is 11.7 Å². The average Bonchev–Trinajstić information content (AvgIpc) is 2.16. The van der Waals surface area contributed by atoms with Crippen LogP contribution in [0.15, 0.2) is 29.2 Å². The molecule has 0 aliphatic heterocycles. The van der Waals surface area contributed by atoms with Gasteiger partial charge in [-0.25, -0.2) is 0 Å². The van der Waals surface area contributed by atoms with Crippen molar-refractivity contribution in [3.63, 3.8) is 0 Å². The SMILES string of the molecule is CSc1cccc(C(=O)C(C)C)c1. The Morgan fingerprint density at radius 3 is 2.62 bits per heavy atom. The summed E-state index contributed by atoms with van der Waals surface area (Å²) in [6.07, 6.45) is 2.01. The Hall–Kier alpha value is -0.760. The predicted octanol–water partition coefficient (Wildman–Crippen LogP) is 3.25. The third-order valence-corrected chi connectivity index (χ3v) is 2.60. The van der Waals surface area contributed by atoms with E-state index >= 15 is 0 Å². The lowest BCUT2D eigenvalue weighted by Crippen LogP contribution is -2.06. The molecule has 1 aromatic carbocycles. The molecule has 0 saturated heterocycles. The molecular weight excluding hydrogens is 180 g/mol. The van der Waals surface area contributed by atoms with E-state index in [1.807, 2.05) is 44.4 Å². The van der Waals surface area contributed by atoms with Gasteiger partial charge >= 0.3 is 0 Å². The Morgan fingerprint density at radius 2 is 2.08 bits per heavy atom. The summed E-state index contributed by atoms with van der Waals surface area (Å²) in [7, 11) is 0. The first kappa shape index (κ1) is 10.3. The maximum atomic E-state index is 11.6. The van der Waals surface area contributed by atoms with Gasteiger partial charge in [-0.15, -0.1) is 11.8 Å². The molecule has 1 rings (SSSR count). The van der Waals surface area contributed by atoms with Crippen molar-refractivity contribution in [2.75, 3.05) is 6.26 Å². The number of carbonyl (C=O) groups excluding carboxylic acids is 1. The Kier molecular flexibility index (Phi) is 3.55. The Morgan fingerprint density at radius 1 is 1.38 bits per heavy atom. The van der Waals surface area contributed by atoms with Crippen LogP contribution in [0.3, 0.4) is 0 Å². The molecule has 13 heavy (non-hydrogen) atoms. The van der Waals surface area contributed by atoms with Gasteiger partial charge in [-0.05, 0) is 18.4 Å². The molecule has 0 aliphatic carbocycles. The molecule has 0 saturated carbocycles. The third kappa shape index (κ3) is 2.59. The van der Waals surface area contributed by atoms with Gasteiger partial charge in [-0.3, -0.25) is 4.79 Å². The summed E-state index contributed by atoms with van der Waals surface area (Å²) >= 11 is 1.66. The van der Waals surface area contributed by atoms with Crippen molar-refractivity contribution < 1.29 is 4.79 Å². The number of thioether (sulfide) groups is 1. The zero-order valence-corrected chi connectivity index (χ0v) is 9.02. The van der Waals surface area contributed by atoms with Crippen LogP contribution in [0.25, 0.3) is 0 Å². The third-order valence-electron chi connectivity index (χ3n) is 1.88. The molecule has 0 N–H and O–H groups in total. The first-order chi connectivity index (χ1) is 6.15. The van der Waals surface area contributed by atoms with Gasteiger partial charge < -0.3 is 0 Å². The number of Topliss-reactive ketones (excluding diaryl/α,β-unsaturated/α-hetero) is 1. The van der Waals surface area contributed by atoms with Gasteiger partial charge in [0.2, 0.25) is 0 Å². The molecule has 0 fully saturated rings. The van der Waals surface area contributed by atoms with Gasteiger partial charge in [-0.1, -0.05) is 26.0 Å². The van der Waals surface area contributed by atoms with E-state index in [0.717, 1.165) is 10.5 Å².